The number of hydrogen-bond acceptors (Lipinski definition) is 5. The molecule has 0 atom stereocenters. The number of aromatic nitrogens is 2. The van der Waals surface area contributed by atoms with Crippen molar-refractivity contribution in [2.75, 3.05) is 5.75 Å². The van der Waals surface area contributed by atoms with E-state index in [1.54, 1.807) is 6.92 Å². The van der Waals surface area contributed by atoms with E-state index in [9.17, 15) is 18.0 Å². The van der Waals surface area contributed by atoms with Gasteiger partial charge < -0.3 is 0 Å². The third-order valence-electron chi connectivity index (χ3n) is 4.27. The number of amides is 1. The van der Waals surface area contributed by atoms with Gasteiger partial charge in [-0.3, -0.25) is 14.5 Å². The Balaban J connectivity index is 1.61. The minimum atomic E-state index is -4.52. The second-order valence-electron chi connectivity index (χ2n) is 6.25. The van der Waals surface area contributed by atoms with E-state index < -0.39 is 17.6 Å². The summed E-state index contributed by atoms with van der Waals surface area (Å²) in [5.41, 5.74) is 1.44. The second kappa shape index (κ2) is 7.36. The van der Waals surface area contributed by atoms with Crippen molar-refractivity contribution in [3.63, 3.8) is 0 Å². The van der Waals surface area contributed by atoms with Crippen LogP contribution in [0.5, 0.6) is 0 Å². The minimum absolute atomic E-state index is 0.0206. The van der Waals surface area contributed by atoms with Gasteiger partial charge in [0.1, 0.15) is 11.3 Å². The van der Waals surface area contributed by atoms with E-state index >= 15 is 0 Å². The first-order chi connectivity index (χ1) is 13.8. The summed E-state index contributed by atoms with van der Waals surface area (Å²) in [7, 11) is 0. The molecule has 1 aromatic carbocycles. The number of pyridine rings is 1. The van der Waals surface area contributed by atoms with E-state index in [-0.39, 0.29) is 16.5 Å². The summed E-state index contributed by atoms with van der Waals surface area (Å²) in [6, 6.07) is 11.7. The normalized spacial score (nSPS) is 14.5. The van der Waals surface area contributed by atoms with Gasteiger partial charge in [-0.25, -0.2) is 4.98 Å². The van der Waals surface area contributed by atoms with Crippen LogP contribution < -0.4 is 5.32 Å². The Bertz CT molecular complexity index is 1150. The van der Waals surface area contributed by atoms with Crippen LogP contribution in [-0.2, 0) is 6.18 Å². The van der Waals surface area contributed by atoms with E-state index in [0.29, 0.717) is 11.4 Å². The maximum absolute atomic E-state index is 13.0. The molecule has 0 radical (unpaired) electrons. The molecule has 0 spiro atoms. The molecule has 1 aliphatic rings. The molecule has 4 rings (SSSR count). The van der Waals surface area contributed by atoms with Crippen LogP contribution >= 0.6 is 11.8 Å². The molecule has 10 heteroatoms. The van der Waals surface area contributed by atoms with Crippen LogP contribution in [0.1, 0.15) is 27.3 Å². The standard InChI is InChI=1S/C19H14F3N5OS/c1-11-16(27-9-13(19(20,21)22)7-8-15(27)23-11)17(28)24-18-26-25-14(10-29-18)12-5-3-2-4-6-12/h2-9H,10H2,1H3,(H,24,26,28). The maximum atomic E-state index is 13.0. The van der Waals surface area contributed by atoms with Gasteiger partial charge in [-0.1, -0.05) is 42.1 Å². The number of nitrogens with zero attached hydrogens (tertiary/aromatic N) is 4. The van der Waals surface area contributed by atoms with Crippen LogP contribution in [0.15, 0.2) is 58.9 Å². The molecule has 0 saturated heterocycles. The highest BCUT2D eigenvalue weighted by Gasteiger charge is 2.32. The van der Waals surface area contributed by atoms with Crippen molar-refractivity contribution < 1.29 is 18.0 Å². The average Bonchev–Trinajstić information content (AvgIpc) is 3.03. The number of nitrogens with one attached hydrogen (secondary N) is 1. The third kappa shape index (κ3) is 3.88. The van der Waals surface area contributed by atoms with E-state index in [0.717, 1.165) is 27.9 Å². The Hall–Kier alpha value is -3.14. The first-order valence-electron chi connectivity index (χ1n) is 8.53. The lowest BCUT2D eigenvalue weighted by Gasteiger charge is -2.13. The van der Waals surface area contributed by atoms with Gasteiger partial charge in [0.15, 0.2) is 5.17 Å². The number of thioether (sulfide) groups is 1. The molecule has 0 fully saturated rings. The molecule has 3 heterocycles. The fourth-order valence-electron chi connectivity index (χ4n) is 2.89. The van der Waals surface area contributed by atoms with Gasteiger partial charge in [0.25, 0.3) is 5.91 Å². The minimum Gasteiger partial charge on any atom is -0.298 e. The van der Waals surface area contributed by atoms with Crippen LogP contribution in [0.3, 0.4) is 0 Å². The monoisotopic (exact) mass is 417 g/mol. The SMILES string of the molecule is Cc1nc2ccc(C(F)(F)F)cn2c1C(=O)NC1=NN=C(c2ccccc2)CS1. The number of halogens is 3. The van der Waals surface area contributed by atoms with Gasteiger partial charge >= 0.3 is 6.18 Å². The molecule has 1 amide bonds. The van der Waals surface area contributed by atoms with Crippen LogP contribution in [0.4, 0.5) is 13.2 Å². The van der Waals surface area contributed by atoms with Gasteiger partial charge in [0.05, 0.1) is 17.0 Å². The Morgan fingerprint density at radius 2 is 1.90 bits per heavy atom. The summed E-state index contributed by atoms with van der Waals surface area (Å²) in [5, 5.41) is 11.1. The first kappa shape index (κ1) is 19.2. The van der Waals surface area contributed by atoms with Crippen molar-refractivity contribution in [1.29, 1.82) is 0 Å². The van der Waals surface area contributed by atoms with E-state index in [4.69, 9.17) is 0 Å². The molecule has 0 bridgehead atoms. The van der Waals surface area contributed by atoms with Gasteiger partial charge in [-0.15, -0.1) is 5.10 Å². The molecule has 148 valence electrons. The predicted molar refractivity (Wildman–Crippen MR) is 105 cm³/mol. The van der Waals surface area contributed by atoms with Crippen molar-refractivity contribution in [3.8, 4) is 0 Å². The zero-order chi connectivity index (χ0) is 20.6. The summed E-state index contributed by atoms with van der Waals surface area (Å²) in [4.78, 5) is 16.9. The number of carbonyl (C=O) groups is 1. The fourth-order valence-corrected chi connectivity index (χ4v) is 3.65. The Kier molecular flexibility index (Phi) is 4.87. The lowest BCUT2D eigenvalue weighted by Crippen LogP contribution is -2.32. The van der Waals surface area contributed by atoms with Gasteiger partial charge in [0, 0.05) is 11.9 Å². The number of alkyl halides is 3. The molecular weight excluding hydrogens is 403 g/mol. The highest BCUT2D eigenvalue weighted by Crippen LogP contribution is 2.30. The number of rotatable bonds is 2. The van der Waals surface area contributed by atoms with Gasteiger partial charge in [-0.2, -0.15) is 18.3 Å². The molecule has 0 saturated carbocycles. The molecule has 6 nitrogen and oxygen atoms in total. The van der Waals surface area contributed by atoms with Crippen LogP contribution in [-0.4, -0.2) is 31.9 Å². The summed E-state index contributed by atoms with van der Waals surface area (Å²) >= 11 is 1.29. The number of hydrogen-bond donors (Lipinski definition) is 1. The van der Waals surface area contributed by atoms with E-state index in [1.165, 1.54) is 17.8 Å². The quantitative estimate of drug-likeness (QED) is 0.688. The van der Waals surface area contributed by atoms with Gasteiger partial charge in [-0.05, 0) is 24.6 Å². The Labute approximate surface area is 167 Å². The summed E-state index contributed by atoms with van der Waals surface area (Å²) in [6.45, 7) is 1.57. The lowest BCUT2D eigenvalue weighted by atomic mass is 10.1. The van der Waals surface area contributed by atoms with Crippen molar-refractivity contribution in [2.45, 2.75) is 13.1 Å². The molecular formula is C19H14F3N5OS. The molecule has 1 N–H and O–H groups in total. The predicted octanol–water partition coefficient (Wildman–Crippen LogP) is 3.90. The highest BCUT2D eigenvalue weighted by atomic mass is 32.2. The number of carbonyl (C=O) groups excluding carboxylic acids is 1. The zero-order valence-corrected chi connectivity index (χ0v) is 15.9. The van der Waals surface area contributed by atoms with Crippen LogP contribution in [0.25, 0.3) is 5.65 Å². The Morgan fingerprint density at radius 1 is 1.14 bits per heavy atom. The Morgan fingerprint density at radius 3 is 2.55 bits per heavy atom. The number of fused-ring (bicyclic) bond motifs is 1. The molecule has 2 aromatic heterocycles. The average molecular weight is 417 g/mol. The highest BCUT2D eigenvalue weighted by molar-refractivity contribution is 8.14. The number of aryl methyl sites for hydroxylation is 1. The molecule has 3 aromatic rings. The van der Waals surface area contributed by atoms with Crippen molar-refractivity contribution >= 4 is 34.2 Å². The first-order valence-corrected chi connectivity index (χ1v) is 9.51. The molecule has 1 aliphatic heterocycles. The van der Waals surface area contributed by atoms with Crippen molar-refractivity contribution in [2.24, 2.45) is 10.2 Å². The summed E-state index contributed by atoms with van der Waals surface area (Å²) in [6.07, 6.45) is -3.66. The zero-order valence-electron chi connectivity index (χ0n) is 15.1. The summed E-state index contributed by atoms with van der Waals surface area (Å²) in [5.74, 6) is -0.0908. The van der Waals surface area contributed by atoms with E-state index in [2.05, 4.69) is 20.5 Å². The van der Waals surface area contributed by atoms with Crippen LogP contribution in [0, 0.1) is 6.92 Å². The van der Waals surface area contributed by atoms with Crippen LogP contribution in [0.2, 0.25) is 0 Å². The van der Waals surface area contributed by atoms with E-state index in [1.807, 2.05) is 30.3 Å². The molecule has 0 unspecified atom stereocenters. The summed E-state index contributed by atoms with van der Waals surface area (Å²) < 4.78 is 40.2. The lowest BCUT2D eigenvalue weighted by molar-refractivity contribution is -0.137. The molecule has 29 heavy (non-hydrogen) atoms. The smallest absolute Gasteiger partial charge is 0.298 e. The maximum Gasteiger partial charge on any atom is 0.417 e. The number of amidine groups is 1. The van der Waals surface area contributed by atoms with Crippen molar-refractivity contribution in [1.82, 2.24) is 14.7 Å². The largest absolute Gasteiger partial charge is 0.417 e. The molecule has 0 aliphatic carbocycles. The van der Waals surface area contributed by atoms with Crippen molar-refractivity contribution in [3.05, 3.63) is 71.2 Å². The second-order valence-corrected chi connectivity index (χ2v) is 7.21. The number of benzene rings is 1. The number of imidazole rings is 1. The fraction of sp³-hybridized carbons (Fsp3) is 0.158. The third-order valence-corrected chi connectivity index (χ3v) is 5.14. The van der Waals surface area contributed by atoms with Gasteiger partial charge in [0.2, 0.25) is 0 Å². The topological polar surface area (TPSA) is 71.1 Å².